The topological polar surface area (TPSA) is 140 Å². The summed E-state index contributed by atoms with van der Waals surface area (Å²) in [6, 6.07) is 4.60. The van der Waals surface area contributed by atoms with Gasteiger partial charge in [0.1, 0.15) is 5.75 Å². The fourth-order valence-electron chi connectivity index (χ4n) is 4.72. The maximum atomic E-state index is 12.4. The summed E-state index contributed by atoms with van der Waals surface area (Å²) in [5, 5.41) is 4.68. The third-order valence-electron chi connectivity index (χ3n) is 6.56. The van der Waals surface area contributed by atoms with Gasteiger partial charge in [0.25, 0.3) is 11.8 Å². The molecule has 1 saturated carbocycles. The number of ether oxygens (including phenoxy) is 2. The van der Waals surface area contributed by atoms with Crippen molar-refractivity contribution in [2.24, 2.45) is 11.7 Å². The van der Waals surface area contributed by atoms with Crippen LogP contribution in [0.3, 0.4) is 0 Å². The molecule has 4 rings (SSSR count). The first-order valence-electron chi connectivity index (χ1n) is 12.2. The summed E-state index contributed by atoms with van der Waals surface area (Å²) in [5.74, 6) is 0.538. The van der Waals surface area contributed by atoms with Crippen molar-refractivity contribution in [2.45, 2.75) is 70.6 Å². The Morgan fingerprint density at radius 2 is 1.91 bits per heavy atom. The van der Waals surface area contributed by atoms with Crippen molar-refractivity contribution in [1.82, 2.24) is 15.5 Å². The number of methoxy groups -OCH3 is 1. The van der Waals surface area contributed by atoms with E-state index in [1.54, 1.807) is 25.3 Å². The van der Waals surface area contributed by atoms with Crippen LogP contribution in [0.15, 0.2) is 18.2 Å². The molecular weight excluding hydrogens is 452 g/mol. The number of hydrogen-bond donors (Lipinski definition) is 3. The minimum atomic E-state index is -1.28. The van der Waals surface area contributed by atoms with E-state index in [2.05, 4.69) is 10.6 Å². The van der Waals surface area contributed by atoms with Crippen LogP contribution in [0.5, 0.6) is 5.75 Å². The lowest BCUT2D eigenvalue weighted by Crippen LogP contribution is -2.60. The van der Waals surface area contributed by atoms with E-state index < -0.39 is 17.5 Å². The number of hydrogen-bond acceptors (Lipinski definition) is 7. The molecule has 0 aromatic heterocycles. The molecule has 1 unspecified atom stereocenters. The zero-order valence-corrected chi connectivity index (χ0v) is 20.7. The van der Waals surface area contributed by atoms with Gasteiger partial charge in [-0.3, -0.25) is 19.7 Å². The minimum absolute atomic E-state index is 0.0121. The van der Waals surface area contributed by atoms with Gasteiger partial charge in [-0.1, -0.05) is 19.3 Å². The Kier molecular flexibility index (Phi) is 8.71. The molecule has 0 radical (unpaired) electrons. The molecule has 2 fully saturated rings. The largest absolute Gasteiger partial charge is 0.497 e. The number of imide groups is 1. The first-order valence-corrected chi connectivity index (χ1v) is 12.2. The van der Waals surface area contributed by atoms with Gasteiger partial charge in [-0.25, -0.2) is 4.79 Å². The van der Waals surface area contributed by atoms with E-state index in [9.17, 15) is 19.2 Å². The summed E-state index contributed by atoms with van der Waals surface area (Å²) < 4.78 is 10.3. The first kappa shape index (κ1) is 26.5. The van der Waals surface area contributed by atoms with Crippen LogP contribution in [0.25, 0.3) is 0 Å². The predicted octanol–water partition coefficient (Wildman–Crippen LogP) is 2.10. The van der Waals surface area contributed by atoms with Crippen LogP contribution in [0.1, 0.15) is 68.3 Å². The van der Waals surface area contributed by atoms with Crippen LogP contribution in [-0.2, 0) is 20.9 Å². The van der Waals surface area contributed by atoms with Crippen LogP contribution >= 0.6 is 0 Å². The number of esters is 1. The lowest BCUT2D eigenvalue weighted by Gasteiger charge is -2.29. The summed E-state index contributed by atoms with van der Waals surface area (Å²) in [6.07, 6.45) is 7.03. The number of urea groups is 1. The maximum Gasteiger partial charge on any atom is 0.322 e. The van der Waals surface area contributed by atoms with E-state index in [0.29, 0.717) is 30.2 Å². The van der Waals surface area contributed by atoms with Crippen LogP contribution in [-0.4, -0.2) is 60.6 Å². The average Bonchev–Trinajstić information content (AvgIpc) is 3.28. The molecule has 0 spiro atoms. The lowest BCUT2D eigenvalue weighted by atomic mass is 9.87. The number of amides is 4. The second-order valence-electron chi connectivity index (χ2n) is 9.63. The van der Waals surface area contributed by atoms with E-state index in [1.165, 1.54) is 37.0 Å². The molecule has 1 saturated heterocycles. The Morgan fingerprint density at radius 1 is 1.20 bits per heavy atom. The van der Waals surface area contributed by atoms with Gasteiger partial charge in [0.15, 0.2) is 5.54 Å². The quantitative estimate of drug-likeness (QED) is 0.394. The van der Waals surface area contributed by atoms with Crippen molar-refractivity contribution in [3.63, 3.8) is 0 Å². The molecule has 192 valence electrons. The minimum Gasteiger partial charge on any atom is -0.497 e. The number of benzene rings is 1. The van der Waals surface area contributed by atoms with Gasteiger partial charge < -0.3 is 25.4 Å². The summed E-state index contributed by atoms with van der Waals surface area (Å²) >= 11 is 0. The molecule has 1 atom stereocenters. The predicted molar refractivity (Wildman–Crippen MR) is 129 cm³/mol. The van der Waals surface area contributed by atoms with Gasteiger partial charge >= 0.3 is 12.0 Å². The fourth-order valence-corrected chi connectivity index (χ4v) is 4.72. The van der Waals surface area contributed by atoms with Gasteiger partial charge in [-0.2, -0.15) is 0 Å². The van der Waals surface area contributed by atoms with E-state index in [0.717, 1.165) is 5.56 Å². The Balaban J connectivity index is 0.000000225. The van der Waals surface area contributed by atoms with Crippen LogP contribution < -0.4 is 21.1 Å². The second-order valence-corrected chi connectivity index (χ2v) is 9.63. The number of nitrogens with zero attached hydrogens (tertiary/aromatic N) is 1. The molecule has 2 aliphatic heterocycles. The summed E-state index contributed by atoms with van der Waals surface area (Å²) in [4.78, 5) is 48.6. The maximum absolute atomic E-state index is 12.4. The third-order valence-corrected chi connectivity index (χ3v) is 6.56. The van der Waals surface area contributed by atoms with Crippen molar-refractivity contribution >= 4 is 23.8 Å². The number of rotatable bonds is 7. The van der Waals surface area contributed by atoms with Crippen molar-refractivity contribution in [3.05, 3.63) is 29.3 Å². The summed E-state index contributed by atoms with van der Waals surface area (Å²) in [5.41, 5.74) is 5.77. The smallest absolute Gasteiger partial charge is 0.322 e. The highest BCUT2D eigenvalue weighted by molar-refractivity contribution is 6.08. The number of nitrogens with one attached hydrogen (secondary N) is 2. The Bertz CT molecular complexity index is 959. The van der Waals surface area contributed by atoms with Gasteiger partial charge in [0.05, 0.1) is 19.8 Å². The normalized spacial score (nSPS) is 21.7. The van der Waals surface area contributed by atoms with Crippen molar-refractivity contribution in [3.8, 4) is 5.75 Å². The van der Waals surface area contributed by atoms with Crippen molar-refractivity contribution in [2.75, 3.05) is 20.2 Å². The second kappa shape index (κ2) is 11.5. The zero-order valence-electron chi connectivity index (χ0n) is 20.7. The standard InChI is InChI=1S/C14H16N4O4.C11H20O2/c1-22-9-2-3-10-8(4-9)5-18(11(10)19)7-14(6-15)12(20)16-13(21)17-14;1-9(2)13-11(12)8-10-6-4-3-5-7-10/h2-4H,5-7,15H2,1H3,(H2,16,17,20,21);9-10H,3-8H2,1-2H3. The van der Waals surface area contributed by atoms with E-state index >= 15 is 0 Å². The first-order chi connectivity index (χ1) is 16.7. The van der Waals surface area contributed by atoms with Crippen molar-refractivity contribution < 1.29 is 28.7 Å². The van der Waals surface area contributed by atoms with Gasteiger partial charge in [0, 0.05) is 25.1 Å². The Hall–Kier alpha value is -3.14. The molecule has 2 heterocycles. The molecule has 4 amide bonds. The highest BCUT2D eigenvalue weighted by Gasteiger charge is 2.48. The van der Waals surface area contributed by atoms with Gasteiger partial charge in [-0.05, 0) is 56.4 Å². The molecule has 1 aromatic rings. The molecule has 1 aliphatic carbocycles. The highest BCUT2D eigenvalue weighted by Crippen LogP contribution is 2.28. The average molecular weight is 489 g/mol. The molecule has 35 heavy (non-hydrogen) atoms. The fraction of sp³-hybridized carbons (Fsp3) is 0.600. The number of fused-ring (bicyclic) bond motifs is 1. The summed E-state index contributed by atoms with van der Waals surface area (Å²) in [7, 11) is 1.55. The third kappa shape index (κ3) is 6.50. The highest BCUT2D eigenvalue weighted by atomic mass is 16.5. The van der Waals surface area contributed by atoms with Crippen LogP contribution in [0.2, 0.25) is 0 Å². The monoisotopic (exact) mass is 488 g/mol. The van der Waals surface area contributed by atoms with E-state index in [4.69, 9.17) is 15.2 Å². The molecule has 3 aliphatic rings. The lowest BCUT2D eigenvalue weighted by molar-refractivity contribution is -0.148. The Labute approximate surface area is 205 Å². The molecule has 10 nitrogen and oxygen atoms in total. The SMILES string of the molecule is CC(C)OC(=O)CC1CCCCC1.COc1ccc2c(c1)CN(CC1(CN)NC(=O)NC1=O)C2=O. The molecular formula is C25H36N4O6. The van der Waals surface area contributed by atoms with E-state index in [-0.39, 0.29) is 31.1 Å². The molecule has 1 aromatic carbocycles. The molecule has 4 N–H and O–H groups in total. The van der Waals surface area contributed by atoms with E-state index in [1.807, 2.05) is 13.8 Å². The number of carbonyl (C=O) groups is 4. The number of carbonyl (C=O) groups excluding carboxylic acids is 4. The molecule has 0 bridgehead atoms. The summed E-state index contributed by atoms with van der Waals surface area (Å²) in [6.45, 7) is 4.08. The van der Waals surface area contributed by atoms with Crippen LogP contribution in [0.4, 0.5) is 4.79 Å². The van der Waals surface area contributed by atoms with Crippen molar-refractivity contribution in [1.29, 1.82) is 0 Å². The van der Waals surface area contributed by atoms with Gasteiger partial charge in [-0.15, -0.1) is 0 Å². The molecule has 10 heteroatoms. The van der Waals surface area contributed by atoms with Gasteiger partial charge in [0.2, 0.25) is 0 Å². The number of nitrogens with two attached hydrogens (primary N) is 1. The Morgan fingerprint density at radius 3 is 2.49 bits per heavy atom. The van der Waals surface area contributed by atoms with Crippen LogP contribution in [0, 0.1) is 5.92 Å². The zero-order chi connectivity index (χ0) is 25.6.